The minimum atomic E-state index is 0.440. The SMILES string of the molecule is CC1CCSC2(CC3CCC(C2)N3C)N1. The smallest absolute Gasteiger partial charge is 0.0677 e. The molecule has 3 atom stereocenters. The van der Waals surface area contributed by atoms with Gasteiger partial charge in [0.2, 0.25) is 0 Å². The fraction of sp³-hybridized carbons (Fsp3) is 1.00. The fourth-order valence-corrected chi connectivity index (χ4v) is 5.42. The molecule has 0 amide bonds. The third kappa shape index (κ3) is 1.73. The van der Waals surface area contributed by atoms with Crippen LogP contribution in [0.25, 0.3) is 0 Å². The van der Waals surface area contributed by atoms with Gasteiger partial charge in [0.05, 0.1) is 4.87 Å². The first kappa shape index (κ1) is 10.4. The highest BCUT2D eigenvalue weighted by Gasteiger charge is 2.48. The Balaban J connectivity index is 1.77. The average molecular weight is 226 g/mol. The maximum atomic E-state index is 3.89. The third-order valence-corrected chi connectivity index (χ3v) is 6.00. The van der Waals surface area contributed by atoms with Crippen molar-refractivity contribution in [2.75, 3.05) is 12.8 Å². The van der Waals surface area contributed by atoms with E-state index >= 15 is 0 Å². The molecule has 86 valence electrons. The van der Waals surface area contributed by atoms with Gasteiger partial charge in [0, 0.05) is 18.1 Å². The van der Waals surface area contributed by atoms with Crippen molar-refractivity contribution in [2.45, 2.75) is 62.0 Å². The number of nitrogens with zero attached hydrogens (tertiary/aromatic N) is 1. The van der Waals surface area contributed by atoms with E-state index in [4.69, 9.17) is 0 Å². The largest absolute Gasteiger partial charge is 0.300 e. The molecule has 0 saturated carbocycles. The molecule has 0 aliphatic carbocycles. The zero-order chi connectivity index (χ0) is 10.5. The summed E-state index contributed by atoms with van der Waals surface area (Å²) < 4.78 is 0. The van der Waals surface area contributed by atoms with Gasteiger partial charge in [-0.25, -0.2) is 0 Å². The second-order valence-electron chi connectivity index (χ2n) is 5.64. The van der Waals surface area contributed by atoms with E-state index in [0.717, 1.165) is 18.1 Å². The second kappa shape index (κ2) is 3.64. The van der Waals surface area contributed by atoms with Crippen LogP contribution in [0.2, 0.25) is 0 Å². The van der Waals surface area contributed by atoms with Gasteiger partial charge in [0.25, 0.3) is 0 Å². The lowest BCUT2D eigenvalue weighted by Crippen LogP contribution is -2.58. The van der Waals surface area contributed by atoms with Crippen molar-refractivity contribution in [1.82, 2.24) is 10.2 Å². The van der Waals surface area contributed by atoms with Gasteiger partial charge in [-0.05, 0) is 51.8 Å². The van der Waals surface area contributed by atoms with Gasteiger partial charge >= 0.3 is 0 Å². The van der Waals surface area contributed by atoms with Crippen LogP contribution in [0.15, 0.2) is 0 Å². The van der Waals surface area contributed by atoms with E-state index in [9.17, 15) is 0 Å². The van der Waals surface area contributed by atoms with Gasteiger partial charge in [0.15, 0.2) is 0 Å². The molecule has 0 aromatic rings. The number of fused-ring (bicyclic) bond motifs is 2. The van der Waals surface area contributed by atoms with Crippen molar-refractivity contribution < 1.29 is 0 Å². The molecule has 0 radical (unpaired) electrons. The quantitative estimate of drug-likeness (QED) is 0.680. The summed E-state index contributed by atoms with van der Waals surface area (Å²) in [6.07, 6.45) is 6.95. The van der Waals surface area contributed by atoms with E-state index in [2.05, 4.69) is 35.9 Å². The first-order chi connectivity index (χ1) is 7.19. The molecule has 3 aliphatic rings. The molecular weight excluding hydrogens is 204 g/mol. The van der Waals surface area contributed by atoms with E-state index < -0.39 is 0 Å². The van der Waals surface area contributed by atoms with E-state index in [1.165, 1.54) is 37.9 Å². The van der Waals surface area contributed by atoms with Crippen LogP contribution in [0.5, 0.6) is 0 Å². The molecule has 3 aliphatic heterocycles. The summed E-state index contributed by atoms with van der Waals surface area (Å²) in [6, 6.07) is 2.44. The van der Waals surface area contributed by atoms with Crippen LogP contribution in [0, 0.1) is 0 Å². The van der Waals surface area contributed by atoms with Crippen molar-refractivity contribution in [2.24, 2.45) is 0 Å². The topological polar surface area (TPSA) is 15.3 Å². The Morgan fingerprint density at radius 1 is 1.20 bits per heavy atom. The van der Waals surface area contributed by atoms with Crippen molar-refractivity contribution in [3.63, 3.8) is 0 Å². The number of rotatable bonds is 0. The van der Waals surface area contributed by atoms with Crippen LogP contribution in [0.3, 0.4) is 0 Å². The molecule has 1 spiro atoms. The Kier molecular flexibility index (Phi) is 2.53. The summed E-state index contributed by atoms with van der Waals surface area (Å²) in [4.78, 5) is 3.07. The van der Waals surface area contributed by atoms with Gasteiger partial charge in [0.1, 0.15) is 0 Å². The Morgan fingerprint density at radius 3 is 2.47 bits per heavy atom. The summed E-state index contributed by atoms with van der Waals surface area (Å²) in [5.74, 6) is 1.36. The molecule has 15 heavy (non-hydrogen) atoms. The fourth-order valence-electron chi connectivity index (χ4n) is 3.66. The predicted molar refractivity (Wildman–Crippen MR) is 66.2 cm³/mol. The van der Waals surface area contributed by atoms with Crippen molar-refractivity contribution >= 4 is 11.8 Å². The summed E-state index contributed by atoms with van der Waals surface area (Å²) >= 11 is 2.20. The standard InChI is InChI=1S/C12H22N2S/c1-9-5-6-15-12(13-9)7-10-3-4-11(8-12)14(10)2/h9-11,13H,3-8H2,1-2H3. The first-order valence-electron chi connectivity index (χ1n) is 6.32. The molecule has 3 fully saturated rings. The molecule has 3 heterocycles. The number of hydrogen-bond donors (Lipinski definition) is 1. The van der Waals surface area contributed by atoms with Crippen LogP contribution < -0.4 is 5.32 Å². The lowest BCUT2D eigenvalue weighted by Gasteiger charge is -2.49. The zero-order valence-electron chi connectivity index (χ0n) is 9.83. The zero-order valence-corrected chi connectivity index (χ0v) is 10.6. The molecule has 2 bridgehead atoms. The monoisotopic (exact) mass is 226 g/mol. The lowest BCUT2D eigenvalue weighted by atomic mass is 9.96. The van der Waals surface area contributed by atoms with Crippen molar-refractivity contribution in [1.29, 1.82) is 0 Å². The van der Waals surface area contributed by atoms with Gasteiger partial charge in [-0.1, -0.05) is 0 Å². The Hall–Kier alpha value is 0.270. The molecule has 0 aromatic heterocycles. The predicted octanol–water partition coefficient (Wildman–Crippen LogP) is 2.05. The molecule has 3 unspecified atom stereocenters. The minimum absolute atomic E-state index is 0.440. The molecule has 3 saturated heterocycles. The molecule has 1 N–H and O–H groups in total. The molecule has 2 nitrogen and oxygen atoms in total. The molecule has 0 aromatic carbocycles. The summed E-state index contributed by atoms with van der Waals surface area (Å²) in [5.41, 5.74) is 0. The van der Waals surface area contributed by atoms with Crippen LogP contribution >= 0.6 is 11.8 Å². The van der Waals surface area contributed by atoms with E-state index in [0.29, 0.717) is 4.87 Å². The Labute approximate surface area is 97.2 Å². The maximum Gasteiger partial charge on any atom is 0.0677 e. The lowest BCUT2D eigenvalue weighted by molar-refractivity contribution is 0.127. The summed E-state index contributed by atoms with van der Waals surface area (Å²) in [5, 5.41) is 3.89. The highest BCUT2D eigenvalue weighted by Crippen LogP contribution is 2.47. The number of nitrogens with one attached hydrogen (secondary N) is 1. The number of thioether (sulfide) groups is 1. The highest BCUT2D eigenvalue weighted by molar-refractivity contribution is 8.00. The van der Waals surface area contributed by atoms with Crippen molar-refractivity contribution in [3.8, 4) is 0 Å². The van der Waals surface area contributed by atoms with Crippen LogP contribution in [-0.2, 0) is 0 Å². The highest BCUT2D eigenvalue weighted by atomic mass is 32.2. The van der Waals surface area contributed by atoms with Crippen LogP contribution in [0.4, 0.5) is 0 Å². The molecule has 3 heteroatoms. The molecular formula is C12H22N2S. The maximum absolute atomic E-state index is 3.89. The van der Waals surface area contributed by atoms with Gasteiger partial charge in [-0.15, -0.1) is 11.8 Å². The molecule has 3 rings (SSSR count). The number of piperidine rings is 1. The summed E-state index contributed by atoms with van der Waals surface area (Å²) in [7, 11) is 2.33. The Bertz CT molecular complexity index is 242. The van der Waals surface area contributed by atoms with E-state index in [1.807, 2.05) is 0 Å². The normalized spacial score (nSPS) is 51.2. The number of hydrogen-bond acceptors (Lipinski definition) is 3. The van der Waals surface area contributed by atoms with Crippen LogP contribution in [0.1, 0.15) is 39.0 Å². The summed E-state index contributed by atoms with van der Waals surface area (Å²) in [6.45, 7) is 2.35. The average Bonchev–Trinajstić information content (AvgIpc) is 2.45. The van der Waals surface area contributed by atoms with Gasteiger partial charge in [-0.3, -0.25) is 0 Å². The second-order valence-corrected chi connectivity index (χ2v) is 7.11. The Morgan fingerprint density at radius 2 is 1.87 bits per heavy atom. The minimum Gasteiger partial charge on any atom is -0.300 e. The van der Waals surface area contributed by atoms with E-state index in [-0.39, 0.29) is 0 Å². The van der Waals surface area contributed by atoms with Crippen molar-refractivity contribution in [3.05, 3.63) is 0 Å². The van der Waals surface area contributed by atoms with Gasteiger partial charge in [-0.2, -0.15) is 0 Å². The van der Waals surface area contributed by atoms with Gasteiger partial charge < -0.3 is 10.2 Å². The first-order valence-corrected chi connectivity index (χ1v) is 7.31. The third-order valence-electron chi connectivity index (χ3n) is 4.55. The van der Waals surface area contributed by atoms with E-state index in [1.54, 1.807) is 0 Å². The van der Waals surface area contributed by atoms with Crippen LogP contribution in [-0.4, -0.2) is 40.7 Å².